The van der Waals surface area contributed by atoms with E-state index in [1.54, 1.807) is 19.0 Å². The summed E-state index contributed by atoms with van der Waals surface area (Å²) in [4.78, 5) is 17.9. The number of hydrogen-bond acceptors (Lipinski definition) is 3. The number of rotatable bonds is 7. The van der Waals surface area contributed by atoms with Crippen LogP contribution >= 0.6 is 11.6 Å². The van der Waals surface area contributed by atoms with Crippen molar-refractivity contribution in [1.29, 1.82) is 0 Å². The molecule has 0 radical (unpaired) electrons. The van der Waals surface area contributed by atoms with E-state index in [0.717, 1.165) is 43.9 Å². The smallest absolute Gasteiger partial charge is 0.243 e. The van der Waals surface area contributed by atoms with Crippen LogP contribution in [0.5, 0.6) is 0 Å². The number of ether oxygens (including phenoxy) is 1. The Morgan fingerprint density at radius 1 is 1.37 bits per heavy atom. The molecule has 1 aliphatic heterocycles. The molecule has 1 unspecified atom stereocenters. The van der Waals surface area contributed by atoms with Gasteiger partial charge in [0.1, 0.15) is 6.54 Å². The minimum absolute atomic E-state index is 0.0239. The van der Waals surface area contributed by atoms with Crippen molar-refractivity contribution in [1.82, 2.24) is 15.5 Å². The van der Waals surface area contributed by atoms with Crippen LogP contribution in [0, 0.1) is 0 Å². The first-order valence-electron chi connectivity index (χ1n) is 9.58. The Morgan fingerprint density at radius 2 is 2.19 bits per heavy atom. The van der Waals surface area contributed by atoms with Crippen LogP contribution in [0.3, 0.4) is 0 Å². The molecule has 1 atom stereocenters. The minimum atomic E-state index is -0.0239. The van der Waals surface area contributed by atoms with Crippen molar-refractivity contribution in [3.8, 4) is 0 Å². The highest BCUT2D eigenvalue weighted by molar-refractivity contribution is 6.30. The SMILES string of the molecule is CN(C)C(=O)CN=C(NCC1CCCO1)NCC1(c2cccc(Cl)c2)CC1. The molecule has 1 amide bonds. The zero-order valence-corrected chi connectivity index (χ0v) is 16.9. The van der Waals surface area contributed by atoms with E-state index in [1.807, 2.05) is 18.2 Å². The second-order valence-electron chi connectivity index (χ2n) is 7.61. The standard InChI is InChI=1S/C20H29ClN4O2/c1-25(2)18(26)13-23-19(22-12-17-7-4-10-27-17)24-14-20(8-9-20)15-5-3-6-16(21)11-15/h3,5-6,11,17H,4,7-10,12-14H2,1-2H3,(H2,22,23,24). The van der Waals surface area contributed by atoms with Crippen LogP contribution < -0.4 is 10.6 Å². The van der Waals surface area contributed by atoms with Crippen molar-refractivity contribution < 1.29 is 9.53 Å². The first-order valence-corrected chi connectivity index (χ1v) is 9.96. The number of likely N-dealkylation sites (N-methyl/N-ethyl adjacent to an activating group) is 1. The number of benzene rings is 1. The fourth-order valence-electron chi connectivity index (χ4n) is 3.27. The Morgan fingerprint density at radius 3 is 2.81 bits per heavy atom. The summed E-state index contributed by atoms with van der Waals surface area (Å²) in [6.07, 6.45) is 4.61. The van der Waals surface area contributed by atoms with Gasteiger partial charge in [0.25, 0.3) is 0 Å². The van der Waals surface area contributed by atoms with Crippen molar-refractivity contribution in [2.75, 3.05) is 40.3 Å². The third-order valence-electron chi connectivity index (χ3n) is 5.28. The average Bonchev–Trinajstić information content (AvgIpc) is 3.26. The summed E-state index contributed by atoms with van der Waals surface area (Å²) in [5.41, 5.74) is 1.35. The van der Waals surface area contributed by atoms with E-state index in [4.69, 9.17) is 16.3 Å². The predicted octanol–water partition coefficient (Wildman–Crippen LogP) is 2.17. The van der Waals surface area contributed by atoms with Gasteiger partial charge in [0.15, 0.2) is 5.96 Å². The van der Waals surface area contributed by atoms with Crippen LogP contribution in [0.1, 0.15) is 31.2 Å². The summed E-state index contributed by atoms with van der Waals surface area (Å²) < 4.78 is 5.67. The van der Waals surface area contributed by atoms with Crippen molar-refractivity contribution in [2.45, 2.75) is 37.2 Å². The molecule has 1 aromatic carbocycles. The molecule has 3 rings (SSSR count). The van der Waals surface area contributed by atoms with E-state index in [0.29, 0.717) is 12.5 Å². The Bertz CT molecular complexity index is 682. The molecule has 2 fully saturated rings. The molecule has 27 heavy (non-hydrogen) atoms. The lowest BCUT2D eigenvalue weighted by Crippen LogP contribution is -2.44. The van der Waals surface area contributed by atoms with E-state index >= 15 is 0 Å². The molecule has 7 heteroatoms. The van der Waals surface area contributed by atoms with Crippen molar-refractivity contribution in [3.05, 3.63) is 34.9 Å². The fourth-order valence-corrected chi connectivity index (χ4v) is 3.46. The topological polar surface area (TPSA) is 66.0 Å². The van der Waals surface area contributed by atoms with Gasteiger partial charge in [0.05, 0.1) is 6.10 Å². The number of nitrogens with one attached hydrogen (secondary N) is 2. The van der Waals surface area contributed by atoms with Crippen molar-refractivity contribution in [2.24, 2.45) is 4.99 Å². The fraction of sp³-hybridized carbons (Fsp3) is 0.600. The van der Waals surface area contributed by atoms with Crippen LogP contribution in [0.4, 0.5) is 0 Å². The number of hydrogen-bond donors (Lipinski definition) is 2. The van der Waals surface area contributed by atoms with Gasteiger partial charge in [0, 0.05) is 44.2 Å². The quantitative estimate of drug-likeness (QED) is 0.551. The second kappa shape index (κ2) is 8.93. The van der Waals surface area contributed by atoms with Gasteiger partial charge < -0.3 is 20.3 Å². The van der Waals surface area contributed by atoms with E-state index in [2.05, 4.69) is 21.7 Å². The lowest BCUT2D eigenvalue weighted by atomic mass is 9.96. The van der Waals surface area contributed by atoms with Gasteiger partial charge in [-0.05, 0) is 43.4 Å². The zero-order chi connectivity index (χ0) is 19.3. The van der Waals surface area contributed by atoms with Crippen molar-refractivity contribution in [3.63, 3.8) is 0 Å². The molecule has 0 bridgehead atoms. The van der Waals surface area contributed by atoms with Crippen molar-refractivity contribution >= 4 is 23.5 Å². The predicted molar refractivity (Wildman–Crippen MR) is 108 cm³/mol. The molecule has 1 saturated heterocycles. The molecule has 148 valence electrons. The van der Waals surface area contributed by atoms with E-state index in [-0.39, 0.29) is 24.0 Å². The van der Waals surface area contributed by atoms with Gasteiger partial charge in [-0.3, -0.25) is 4.79 Å². The Balaban J connectivity index is 1.61. The summed E-state index contributed by atoms with van der Waals surface area (Å²) in [7, 11) is 3.48. The number of carbonyl (C=O) groups is 1. The van der Waals surface area contributed by atoms with E-state index in [1.165, 1.54) is 5.56 Å². The number of halogens is 1. The Labute approximate surface area is 166 Å². The highest BCUT2D eigenvalue weighted by atomic mass is 35.5. The maximum Gasteiger partial charge on any atom is 0.243 e. The third kappa shape index (κ3) is 5.59. The lowest BCUT2D eigenvalue weighted by Gasteiger charge is -2.21. The molecule has 2 N–H and O–H groups in total. The molecule has 2 aliphatic rings. The molecular weight excluding hydrogens is 364 g/mol. The monoisotopic (exact) mass is 392 g/mol. The number of guanidine groups is 1. The molecule has 0 aromatic heterocycles. The van der Waals surface area contributed by atoms with Crippen LogP contribution in [0.25, 0.3) is 0 Å². The van der Waals surface area contributed by atoms with Gasteiger partial charge in [-0.15, -0.1) is 0 Å². The first kappa shape index (κ1) is 20.0. The average molecular weight is 393 g/mol. The van der Waals surface area contributed by atoms with E-state index < -0.39 is 0 Å². The second-order valence-corrected chi connectivity index (χ2v) is 8.05. The largest absolute Gasteiger partial charge is 0.376 e. The zero-order valence-electron chi connectivity index (χ0n) is 16.1. The van der Waals surface area contributed by atoms with Gasteiger partial charge in [-0.2, -0.15) is 0 Å². The number of amides is 1. The summed E-state index contributed by atoms with van der Waals surface area (Å²) in [6.45, 7) is 2.41. The summed E-state index contributed by atoms with van der Waals surface area (Å²) >= 11 is 6.17. The lowest BCUT2D eigenvalue weighted by molar-refractivity contribution is -0.127. The highest BCUT2D eigenvalue weighted by Crippen LogP contribution is 2.48. The van der Waals surface area contributed by atoms with Crippen LogP contribution in [0.2, 0.25) is 5.02 Å². The number of aliphatic imine (C=N–C) groups is 1. The van der Waals surface area contributed by atoms with Crippen LogP contribution in [0.15, 0.2) is 29.3 Å². The molecule has 1 aliphatic carbocycles. The number of nitrogens with zero attached hydrogens (tertiary/aromatic N) is 2. The highest BCUT2D eigenvalue weighted by Gasteiger charge is 2.44. The van der Waals surface area contributed by atoms with Gasteiger partial charge in [-0.1, -0.05) is 23.7 Å². The summed E-state index contributed by atoms with van der Waals surface area (Å²) in [5.74, 6) is 0.637. The molecular formula is C20H29ClN4O2. The molecule has 6 nitrogen and oxygen atoms in total. The Kier molecular flexibility index (Phi) is 6.60. The summed E-state index contributed by atoms with van der Waals surface area (Å²) in [5, 5.41) is 7.53. The van der Waals surface area contributed by atoms with E-state index in [9.17, 15) is 4.79 Å². The van der Waals surface area contributed by atoms with Crippen LogP contribution in [-0.2, 0) is 14.9 Å². The first-order chi connectivity index (χ1) is 13.0. The van der Waals surface area contributed by atoms with Crippen LogP contribution in [-0.4, -0.2) is 63.2 Å². The molecule has 0 spiro atoms. The van der Waals surface area contributed by atoms with Gasteiger partial charge >= 0.3 is 0 Å². The Hall–Kier alpha value is -1.79. The molecule has 1 heterocycles. The molecule has 1 aromatic rings. The third-order valence-corrected chi connectivity index (χ3v) is 5.51. The van der Waals surface area contributed by atoms with Gasteiger partial charge in [-0.25, -0.2) is 4.99 Å². The minimum Gasteiger partial charge on any atom is -0.376 e. The maximum atomic E-state index is 11.9. The van der Waals surface area contributed by atoms with Gasteiger partial charge in [0.2, 0.25) is 5.91 Å². The normalized spacial score (nSPS) is 21.0. The number of carbonyl (C=O) groups excluding carboxylic acids is 1. The summed E-state index contributed by atoms with van der Waals surface area (Å²) in [6, 6.07) is 8.07. The molecule has 1 saturated carbocycles. The maximum absolute atomic E-state index is 11.9.